The number of esters is 1. The highest BCUT2D eigenvalue weighted by Gasteiger charge is 2.57. The van der Waals surface area contributed by atoms with Crippen molar-refractivity contribution in [3.63, 3.8) is 0 Å². The third-order valence-corrected chi connectivity index (χ3v) is 8.19. The van der Waals surface area contributed by atoms with Gasteiger partial charge in [-0.25, -0.2) is 4.79 Å². The van der Waals surface area contributed by atoms with E-state index in [0.29, 0.717) is 5.56 Å². The van der Waals surface area contributed by atoms with Crippen LogP contribution in [0, 0.1) is 0 Å². The molecule has 0 radical (unpaired) electrons. The van der Waals surface area contributed by atoms with Crippen LogP contribution < -0.4 is 9.47 Å². The first-order chi connectivity index (χ1) is 22.8. The molecule has 13 atom stereocenters. The van der Waals surface area contributed by atoms with E-state index >= 15 is 0 Å². The Morgan fingerprint density at radius 3 is 2.10 bits per heavy atom. The highest BCUT2D eigenvalue weighted by Crippen LogP contribution is 2.38. The van der Waals surface area contributed by atoms with Crippen LogP contribution >= 0.6 is 0 Å². The Bertz CT molecular complexity index is 1220. The normalized spacial score (nSPS) is 38.6. The van der Waals surface area contributed by atoms with Crippen molar-refractivity contribution >= 4 is 12.0 Å². The average molecular weight is 695 g/mol. The molecule has 4 rings (SSSR count). The molecule has 0 aromatic heterocycles. The monoisotopic (exact) mass is 694 g/mol. The lowest BCUT2D eigenvalue weighted by Crippen LogP contribution is -2.62. The molecule has 0 amide bonds. The zero-order chi connectivity index (χ0) is 35.3. The van der Waals surface area contributed by atoms with Crippen molar-refractivity contribution in [3.05, 3.63) is 23.8 Å². The quantitative estimate of drug-likeness (QED) is 0.0687. The number of ether oxygens (including phenoxy) is 8. The fourth-order valence-electron chi connectivity index (χ4n) is 5.51. The minimum Gasteiger partial charge on any atom is -0.502 e. The molecule has 19 heteroatoms. The number of hydrogen-bond donors (Lipinski definition) is 10. The molecule has 3 aliphatic rings. The lowest BCUT2D eigenvalue weighted by Gasteiger charge is -2.45. The Morgan fingerprint density at radius 2 is 1.54 bits per heavy atom. The van der Waals surface area contributed by atoms with Crippen LogP contribution in [0.5, 0.6) is 17.2 Å². The molecule has 48 heavy (non-hydrogen) atoms. The Kier molecular flexibility index (Phi) is 12.9. The standard InChI is InChI=1S/C29H42O19/c1-41-14-5-12(6-15(42-2)21(14)35)3-4-19(34)43-10-18-26(46-28-25(39)24(38)22(36)16(8-30)45-28)13(33)7-20(44-18)48-29(11-32)27(40)23(37)17(9-31)47-29/h3-6,13,16-18,20,22-28,30-33,35-40H,7-11H2,1-2H3/b4-3+/t13-,16+,17+,18+,20-,22+,23+,24+,25+,26-,27+,28-,29-/m0/s1. The van der Waals surface area contributed by atoms with Gasteiger partial charge < -0.3 is 89.0 Å². The number of carbonyl (C=O) groups is 1. The number of aromatic hydroxyl groups is 1. The average Bonchev–Trinajstić information content (AvgIpc) is 3.32. The lowest BCUT2D eigenvalue weighted by molar-refractivity contribution is -0.379. The molecular formula is C29H42O19. The third kappa shape index (κ3) is 8.01. The molecule has 1 aromatic carbocycles. The largest absolute Gasteiger partial charge is 0.502 e. The van der Waals surface area contributed by atoms with Crippen LogP contribution in [-0.2, 0) is 33.2 Å². The van der Waals surface area contributed by atoms with E-state index in [2.05, 4.69) is 0 Å². The summed E-state index contributed by atoms with van der Waals surface area (Å²) in [5.41, 5.74) is 0.382. The fourth-order valence-corrected chi connectivity index (χ4v) is 5.51. The van der Waals surface area contributed by atoms with Crippen molar-refractivity contribution < 1.29 is 93.8 Å². The third-order valence-electron chi connectivity index (χ3n) is 8.19. The zero-order valence-electron chi connectivity index (χ0n) is 25.9. The molecule has 0 aliphatic carbocycles. The summed E-state index contributed by atoms with van der Waals surface area (Å²) in [5.74, 6) is -3.33. The number of phenols is 1. The van der Waals surface area contributed by atoms with Gasteiger partial charge in [-0.05, 0) is 23.8 Å². The first kappa shape index (κ1) is 38.1. The molecule has 0 unspecified atom stereocenters. The number of rotatable bonds is 13. The number of hydrogen-bond acceptors (Lipinski definition) is 19. The van der Waals surface area contributed by atoms with Gasteiger partial charge >= 0.3 is 5.97 Å². The summed E-state index contributed by atoms with van der Waals surface area (Å²) in [6.45, 7) is -3.16. The van der Waals surface area contributed by atoms with E-state index in [0.717, 1.165) is 6.08 Å². The predicted molar refractivity (Wildman–Crippen MR) is 154 cm³/mol. The number of phenolic OH excluding ortho intramolecular Hbond substituents is 1. The second-order valence-electron chi connectivity index (χ2n) is 11.3. The Morgan fingerprint density at radius 1 is 0.896 bits per heavy atom. The van der Waals surface area contributed by atoms with Crippen molar-refractivity contribution in [1.29, 1.82) is 0 Å². The maximum absolute atomic E-state index is 12.7. The second kappa shape index (κ2) is 16.3. The predicted octanol–water partition coefficient (Wildman–Crippen LogP) is -4.56. The summed E-state index contributed by atoms with van der Waals surface area (Å²) in [6.07, 6.45) is -17.4. The number of benzene rings is 1. The van der Waals surface area contributed by atoms with Crippen LogP contribution in [-0.4, -0.2) is 177 Å². The molecule has 0 spiro atoms. The van der Waals surface area contributed by atoms with Gasteiger partial charge in [0.2, 0.25) is 11.5 Å². The summed E-state index contributed by atoms with van der Waals surface area (Å²) in [6, 6.07) is 2.84. The Labute approximate surface area is 273 Å². The maximum Gasteiger partial charge on any atom is 0.330 e. The first-order valence-corrected chi connectivity index (χ1v) is 14.9. The summed E-state index contributed by atoms with van der Waals surface area (Å²) in [7, 11) is 2.65. The highest BCUT2D eigenvalue weighted by molar-refractivity contribution is 5.87. The number of aliphatic hydroxyl groups excluding tert-OH is 9. The van der Waals surface area contributed by atoms with Gasteiger partial charge in [0.1, 0.15) is 68.1 Å². The highest BCUT2D eigenvalue weighted by atomic mass is 16.8. The number of aliphatic hydroxyl groups is 9. The molecule has 272 valence electrons. The van der Waals surface area contributed by atoms with Gasteiger partial charge in [-0.1, -0.05) is 0 Å². The van der Waals surface area contributed by atoms with Crippen molar-refractivity contribution in [2.24, 2.45) is 0 Å². The van der Waals surface area contributed by atoms with Crippen LogP contribution in [0.2, 0.25) is 0 Å². The van der Waals surface area contributed by atoms with E-state index in [1.807, 2.05) is 0 Å². The molecular weight excluding hydrogens is 652 g/mol. The summed E-state index contributed by atoms with van der Waals surface area (Å²) in [5, 5.41) is 102. The van der Waals surface area contributed by atoms with E-state index in [-0.39, 0.29) is 17.2 Å². The molecule has 19 nitrogen and oxygen atoms in total. The van der Waals surface area contributed by atoms with E-state index in [1.165, 1.54) is 32.4 Å². The maximum atomic E-state index is 12.7. The van der Waals surface area contributed by atoms with Crippen molar-refractivity contribution in [3.8, 4) is 17.2 Å². The van der Waals surface area contributed by atoms with E-state index in [9.17, 15) is 55.9 Å². The molecule has 3 fully saturated rings. The SMILES string of the molecule is COc1cc(/C=C/C(=O)OC[C@H]2O[C@@H](O[C@]3(CO)O[C@H](CO)[C@@H](O)[C@H]3O)C[C@H](O)[C@@H]2O[C@@H]2O[C@H](CO)[C@@H](O)[C@@H](O)[C@H]2O)cc(OC)c1O. The molecule has 0 saturated carbocycles. The van der Waals surface area contributed by atoms with E-state index in [1.54, 1.807) is 0 Å². The van der Waals surface area contributed by atoms with Crippen LogP contribution in [0.1, 0.15) is 12.0 Å². The summed E-state index contributed by atoms with van der Waals surface area (Å²) in [4.78, 5) is 12.7. The molecule has 3 aliphatic heterocycles. The number of methoxy groups -OCH3 is 2. The van der Waals surface area contributed by atoms with Gasteiger partial charge in [0.05, 0.1) is 33.5 Å². The van der Waals surface area contributed by atoms with Gasteiger partial charge in [0.15, 0.2) is 24.1 Å². The lowest BCUT2D eigenvalue weighted by atomic mass is 9.98. The van der Waals surface area contributed by atoms with Gasteiger partial charge in [0, 0.05) is 12.5 Å². The minimum atomic E-state index is -2.29. The van der Waals surface area contributed by atoms with Crippen LogP contribution in [0.25, 0.3) is 6.08 Å². The first-order valence-electron chi connectivity index (χ1n) is 14.9. The van der Waals surface area contributed by atoms with Gasteiger partial charge in [0.25, 0.3) is 0 Å². The second-order valence-corrected chi connectivity index (χ2v) is 11.3. The van der Waals surface area contributed by atoms with Gasteiger partial charge in [-0.2, -0.15) is 0 Å². The minimum absolute atomic E-state index is 0.0704. The topological polar surface area (TPSA) is 293 Å². The van der Waals surface area contributed by atoms with Crippen LogP contribution in [0.15, 0.2) is 18.2 Å². The summed E-state index contributed by atoms with van der Waals surface area (Å²) < 4.78 is 43.6. The molecule has 10 N–H and O–H groups in total. The van der Waals surface area contributed by atoms with Gasteiger partial charge in [-0.3, -0.25) is 0 Å². The Hall–Kier alpha value is -2.73. The number of carbonyl (C=O) groups excluding carboxylic acids is 1. The van der Waals surface area contributed by atoms with Crippen molar-refractivity contribution in [2.45, 2.75) is 85.8 Å². The molecule has 0 bridgehead atoms. The Balaban J connectivity index is 1.53. The van der Waals surface area contributed by atoms with E-state index in [4.69, 9.17) is 37.9 Å². The molecule has 3 saturated heterocycles. The summed E-state index contributed by atoms with van der Waals surface area (Å²) >= 11 is 0. The van der Waals surface area contributed by atoms with Crippen LogP contribution in [0.4, 0.5) is 0 Å². The molecule has 1 aromatic rings. The smallest absolute Gasteiger partial charge is 0.330 e. The van der Waals surface area contributed by atoms with E-state index < -0.39 is 118 Å². The fraction of sp³-hybridized carbons (Fsp3) is 0.690. The van der Waals surface area contributed by atoms with Gasteiger partial charge in [-0.15, -0.1) is 0 Å². The van der Waals surface area contributed by atoms with Crippen LogP contribution in [0.3, 0.4) is 0 Å². The van der Waals surface area contributed by atoms with Crippen molar-refractivity contribution in [1.82, 2.24) is 0 Å². The zero-order valence-corrected chi connectivity index (χ0v) is 25.9. The van der Waals surface area contributed by atoms with Crippen molar-refractivity contribution in [2.75, 3.05) is 40.6 Å². The molecule has 3 heterocycles.